The maximum absolute atomic E-state index is 11.4. The molecule has 0 aliphatic carbocycles. The van der Waals surface area contributed by atoms with Crippen LogP contribution in [-0.2, 0) is 4.79 Å². The van der Waals surface area contributed by atoms with Crippen LogP contribution >= 0.6 is 0 Å². The van der Waals surface area contributed by atoms with Crippen LogP contribution in [0.25, 0.3) is 6.08 Å². The van der Waals surface area contributed by atoms with Gasteiger partial charge in [0, 0.05) is 25.9 Å². The monoisotopic (exact) mass is 249 g/mol. The fraction of sp³-hybridized carbons (Fsp3) is 0.167. The molecule has 0 unspecified atom stereocenters. The van der Waals surface area contributed by atoms with Gasteiger partial charge in [-0.05, 0) is 23.8 Å². The van der Waals surface area contributed by atoms with Crippen LogP contribution < -0.4 is 10.7 Å². The number of hydrogen-bond donors (Lipinski definition) is 3. The molecule has 1 aromatic rings. The molecule has 6 heteroatoms. The molecule has 0 heterocycles. The Hall–Kier alpha value is -2.34. The summed E-state index contributed by atoms with van der Waals surface area (Å²) in [5, 5.41) is 12.7. The molecule has 0 aliphatic heterocycles. The van der Waals surface area contributed by atoms with Crippen molar-refractivity contribution in [2.24, 2.45) is 0 Å². The van der Waals surface area contributed by atoms with E-state index in [-0.39, 0.29) is 6.03 Å². The van der Waals surface area contributed by atoms with Crippen molar-refractivity contribution in [2.45, 2.75) is 0 Å². The second-order valence-electron chi connectivity index (χ2n) is 3.76. The molecular weight excluding hydrogens is 234 g/mol. The Kier molecular flexibility index (Phi) is 4.89. The Morgan fingerprint density at radius 2 is 2.06 bits per heavy atom. The zero-order chi connectivity index (χ0) is 13.5. The average Bonchev–Trinajstić information content (AvgIpc) is 2.25. The maximum Gasteiger partial charge on any atom is 0.333 e. The van der Waals surface area contributed by atoms with Gasteiger partial charge >= 0.3 is 12.0 Å². The predicted octanol–water partition coefficient (Wildman–Crippen LogP) is 1.38. The van der Waals surface area contributed by atoms with E-state index in [9.17, 15) is 9.59 Å². The van der Waals surface area contributed by atoms with Crippen molar-refractivity contribution < 1.29 is 14.7 Å². The number of amides is 2. The number of rotatable bonds is 4. The van der Waals surface area contributed by atoms with E-state index < -0.39 is 5.97 Å². The highest BCUT2D eigenvalue weighted by Gasteiger charge is 2.02. The number of carboxylic acid groups (broad SMARTS) is 1. The quantitative estimate of drug-likeness (QED) is 0.556. The highest BCUT2D eigenvalue weighted by atomic mass is 16.4. The van der Waals surface area contributed by atoms with Crippen LogP contribution in [0.2, 0.25) is 0 Å². The minimum atomic E-state index is -1.02. The lowest BCUT2D eigenvalue weighted by atomic mass is 10.2. The number of carboxylic acids is 1. The van der Waals surface area contributed by atoms with Crippen LogP contribution in [0, 0.1) is 0 Å². The third-order valence-corrected chi connectivity index (χ3v) is 1.89. The zero-order valence-electron chi connectivity index (χ0n) is 10.2. The molecule has 6 nitrogen and oxygen atoms in total. The molecule has 0 radical (unpaired) electrons. The number of anilines is 1. The molecule has 0 atom stereocenters. The number of benzene rings is 1. The first-order valence-electron chi connectivity index (χ1n) is 5.23. The predicted molar refractivity (Wildman–Crippen MR) is 69.0 cm³/mol. The van der Waals surface area contributed by atoms with Gasteiger partial charge in [0.25, 0.3) is 0 Å². The van der Waals surface area contributed by atoms with Gasteiger partial charge in [-0.3, -0.25) is 5.43 Å². The van der Waals surface area contributed by atoms with Gasteiger partial charge < -0.3 is 10.4 Å². The van der Waals surface area contributed by atoms with Crippen molar-refractivity contribution in [3.63, 3.8) is 0 Å². The van der Waals surface area contributed by atoms with E-state index in [4.69, 9.17) is 5.11 Å². The standard InChI is InChI=1S/C12H15N3O3/c1-15(2)14-12(18)13-10-5-3-4-9(8-10)6-7-11(16)17/h3-8H,1-2H3,(H,16,17)(H2,13,14,18)/b7-6+. The summed E-state index contributed by atoms with van der Waals surface area (Å²) >= 11 is 0. The molecule has 0 saturated carbocycles. The summed E-state index contributed by atoms with van der Waals surface area (Å²) in [5.74, 6) is -1.02. The van der Waals surface area contributed by atoms with E-state index >= 15 is 0 Å². The molecule has 96 valence electrons. The molecule has 0 aromatic heterocycles. The number of carbonyl (C=O) groups is 2. The Morgan fingerprint density at radius 3 is 2.67 bits per heavy atom. The summed E-state index contributed by atoms with van der Waals surface area (Å²) in [6.07, 6.45) is 2.50. The van der Waals surface area contributed by atoms with Crippen molar-refractivity contribution >= 4 is 23.8 Å². The molecule has 0 fully saturated rings. The number of aliphatic carboxylic acids is 1. The maximum atomic E-state index is 11.4. The average molecular weight is 249 g/mol. The van der Waals surface area contributed by atoms with Gasteiger partial charge in [-0.2, -0.15) is 0 Å². The van der Waals surface area contributed by atoms with Gasteiger partial charge in [0.05, 0.1) is 0 Å². The highest BCUT2D eigenvalue weighted by molar-refractivity contribution is 5.90. The summed E-state index contributed by atoms with van der Waals surface area (Å²) in [6, 6.07) is 6.50. The third kappa shape index (κ3) is 5.13. The number of urea groups is 1. The fourth-order valence-corrected chi connectivity index (χ4v) is 1.25. The van der Waals surface area contributed by atoms with E-state index in [1.807, 2.05) is 0 Å². The lowest BCUT2D eigenvalue weighted by Gasteiger charge is -2.12. The molecule has 0 spiro atoms. The summed E-state index contributed by atoms with van der Waals surface area (Å²) in [6.45, 7) is 0. The number of hydrogen-bond acceptors (Lipinski definition) is 3. The number of nitrogens with zero attached hydrogens (tertiary/aromatic N) is 1. The summed E-state index contributed by atoms with van der Waals surface area (Å²) in [7, 11) is 3.40. The number of carbonyl (C=O) groups excluding carboxylic acids is 1. The second kappa shape index (κ2) is 6.41. The van der Waals surface area contributed by atoms with Crippen molar-refractivity contribution in [3.05, 3.63) is 35.9 Å². The largest absolute Gasteiger partial charge is 0.478 e. The van der Waals surface area contributed by atoms with Crippen molar-refractivity contribution in [1.82, 2.24) is 10.4 Å². The molecule has 0 aliphatic rings. The van der Waals surface area contributed by atoms with Crippen molar-refractivity contribution in [3.8, 4) is 0 Å². The lowest BCUT2D eigenvalue weighted by molar-refractivity contribution is -0.131. The molecule has 0 bridgehead atoms. The van der Waals surface area contributed by atoms with Gasteiger partial charge in [0.15, 0.2) is 0 Å². The van der Waals surface area contributed by atoms with Crippen LogP contribution in [0.5, 0.6) is 0 Å². The van der Waals surface area contributed by atoms with Gasteiger partial charge in [0.1, 0.15) is 0 Å². The molecule has 0 saturated heterocycles. The Labute approximate surface area is 105 Å². The van der Waals surface area contributed by atoms with Gasteiger partial charge in [-0.1, -0.05) is 12.1 Å². The lowest BCUT2D eigenvalue weighted by Crippen LogP contribution is -2.39. The number of hydrazine groups is 1. The topological polar surface area (TPSA) is 81.7 Å². The minimum absolute atomic E-state index is 0.362. The fourth-order valence-electron chi connectivity index (χ4n) is 1.25. The highest BCUT2D eigenvalue weighted by Crippen LogP contribution is 2.11. The summed E-state index contributed by atoms with van der Waals surface area (Å²) < 4.78 is 0. The Balaban J connectivity index is 2.70. The van der Waals surface area contributed by atoms with Gasteiger partial charge in [-0.15, -0.1) is 0 Å². The molecule has 3 N–H and O–H groups in total. The van der Waals surface area contributed by atoms with Crippen molar-refractivity contribution in [2.75, 3.05) is 19.4 Å². The zero-order valence-corrected chi connectivity index (χ0v) is 10.2. The first-order chi connectivity index (χ1) is 8.47. The van der Waals surface area contributed by atoms with E-state index in [1.54, 1.807) is 38.4 Å². The van der Waals surface area contributed by atoms with Gasteiger partial charge in [-0.25, -0.2) is 14.6 Å². The normalized spacial score (nSPS) is 10.6. The van der Waals surface area contributed by atoms with E-state index in [2.05, 4.69) is 10.7 Å². The minimum Gasteiger partial charge on any atom is -0.478 e. The molecule has 18 heavy (non-hydrogen) atoms. The third-order valence-electron chi connectivity index (χ3n) is 1.89. The molecule has 1 aromatic carbocycles. The Bertz CT molecular complexity index is 469. The van der Waals surface area contributed by atoms with Crippen LogP contribution in [0.1, 0.15) is 5.56 Å². The van der Waals surface area contributed by atoms with Crippen LogP contribution in [0.4, 0.5) is 10.5 Å². The van der Waals surface area contributed by atoms with Crippen molar-refractivity contribution in [1.29, 1.82) is 0 Å². The Morgan fingerprint density at radius 1 is 1.33 bits per heavy atom. The first-order valence-corrected chi connectivity index (χ1v) is 5.23. The van der Waals surface area contributed by atoms with Crippen LogP contribution in [0.15, 0.2) is 30.3 Å². The molecule has 1 rings (SSSR count). The van der Waals surface area contributed by atoms with E-state index in [0.717, 1.165) is 6.08 Å². The van der Waals surface area contributed by atoms with E-state index in [1.165, 1.54) is 11.1 Å². The summed E-state index contributed by atoms with van der Waals surface area (Å²) in [5.41, 5.74) is 3.81. The molecule has 2 amide bonds. The first kappa shape index (κ1) is 13.7. The smallest absolute Gasteiger partial charge is 0.333 e. The second-order valence-corrected chi connectivity index (χ2v) is 3.76. The SMILES string of the molecule is CN(C)NC(=O)Nc1cccc(/C=C/C(=O)O)c1. The van der Waals surface area contributed by atoms with Crippen LogP contribution in [0.3, 0.4) is 0 Å². The molecular formula is C12H15N3O3. The number of nitrogens with one attached hydrogen (secondary N) is 2. The van der Waals surface area contributed by atoms with Crippen LogP contribution in [-0.4, -0.2) is 36.2 Å². The summed E-state index contributed by atoms with van der Waals surface area (Å²) in [4.78, 5) is 21.8. The van der Waals surface area contributed by atoms with E-state index in [0.29, 0.717) is 11.3 Å². The van der Waals surface area contributed by atoms with Gasteiger partial charge in [0.2, 0.25) is 0 Å².